The quantitative estimate of drug-likeness (QED) is 0.589. The Morgan fingerprint density at radius 2 is 2.31 bits per heavy atom. The van der Waals surface area contributed by atoms with Gasteiger partial charge in [0.15, 0.2) is 0 Å². The molecule has 0 heterocycles. The third-order valence-electron chi connectivity index (χ3n) is 2.96. The Balaban J connectivity index is 2.01. The zero-order valence-electron chi connectivity index (χ0n) is 8.34. The van der Waals surface area contributed by atoms with Crippen LogP contribution in [0, 0.1) is 36.5 Å². The molecule has 0 amide bonds. The van der Waals surface area contributed by atoms with Gasteiger partial charge >= 0.3 is 0 Å². The fraction of sp³-hybridized carbons (Fsp3) is 0.750. The Morgan fingerprint density at radius 1 is 1.46 bits per heavy atom. The van der Waals surface area contributed by atoms with Crippen molar-refractivity contribution >= 4 is 0 Å². The van der Waals surface area contributed by atoms with E-state index in [0.717, 1.165) is 31.1 Å². The number of hydrogen-bond acceptors (Lipinski definition) is 1. The lowest BCUT2D eigenvalue weighted by molar-refractivity contribution is 0.467. The van der Waals surface area contributed by atoms with Crippen LogP contribution in [0.3, 0.4) is 0 Å². The fourth-order valence-corrected chi connectivity index (χ4v) is 2.09. The van der Waals surface area contributed by atoms with Crippen molar-refractivity contribution in [3.05, 3.63) is 13.3 Å². The van der Waals surface area contributed by atoms with E-state index in [9.17, 15) is 0 Å². The summed E-state index contributed by atoms with van der Waals surface area (Å²) in [7, 11) is 0. The Kier molecular flexibility index (Phi) is 4.90. The third-order valence-corrected chi connectivity index (χ3v) is 2.96. The highest BCUT2D eigenvalue weighted by molar-refractivity contribution is 4.89. The van der Waals surface area contributed by atoms with Gasteiger partial charge in [-0.3, -0.25) is 0 Å². The van der Waals surface area contributed by atoms with Crippen LogP contribution in [0.25, 0.3) is 0 Å². The smallest absolute Gasteiger partial charge is 0.0621 e. The molecule has 1 fully saturated rings. The van der Waals surface area contributed by atoms with Crippen molar-refractivity contribution < 1.29 is 0 Å². The van der Waals surface area contributed by atoms with E-state index in [2.05, 4.69) is 19.4 Å². The first-order valence-electron chi connectivity index (χ1n) is 5.36. The first-order valence-corrected chi connectivity index (χ1v) is 5.36. The van der Waals surface area contributed by atoms with Gasteiger partial charge in [-0.1, -0.05) is 26.2 Å². The molecule has 0 aliphatic heterocycles. The third kappa shape index (κ3) is 3.81. The van der Waals surface area contributed by atoms with Crippen LogP contribution in [0.1, 0.15) is 44.9 Å². The molecular formula is C12H19N. The van der Waals surface area contributed by atoms with Crippen LogP contribution < -0.4 is 0 Å². The van der Waals surface area contributed by atoms with Crippen LogP contribution in [-0.2, 0) is 0 Å². The van der Waals surface area contributed by atoms with Gasteiger partial charge in [0.25, 0.3) is 0 Å². The molecule has 1 rings (SSSR count). The van der Waals surface area contributed by atoms with Crippen LogP contribution in [0.5, 0.6) is 0 Å². The van der Waals surface area contributed by atoms with E-state index in [0.29, 0.717) is 0 Å². The Morgan fingerprint density at radius 3 is 2.92 bits per heavy atom. The molecule has 1 aliphatic carbocycles. The van der Waals surface area contributed by atoms with Gasteiger partial charge in [-0.2, -0.15) is 5.26 Å². The van der Waals surface area contributed by atoms with Gasteiger partial charge < -0.3 is 0 Å². The number of rotatable bonds is 5. The van der Waals surface area contributed by atoms with Crippen LogP contribution in [0.15, 0.2) is 0 Å². The molecule has 0 saturated heterocycles. The highest BCUT2D eigenvalue weighted by atomic mass is 14.3. The minimum Gasteiger partial charge on any atom is -0.198 e. The summed E-state index contributed by atoms with van der Waals surface area (Å²) in [6.45, 7) is 3.95. The van der Waals surface area contributed by atoms with Gasteiger partial charge in [0.2, 0.25) is 0 Å². The van der Waals surface area contributed by atoms with E-state index in [1.54, 1.807) is 0 Å². The molecule has 13 heavy (non-hydrogen) atoms. The average molecular weight is 177 g/mol. The number of unbranched alkanes of at least 4 members (excludes halogenated alkanes) is 2. The maximum atomic E-state index is 8.37. The zero-order valence-corrected chi connectivity index (χ0v) is 8.34. The molecule has 0 aromatic carbocycles. The molecule has 0 bridgehead atoms. The van der Waals surface area contributed by atoms with E-state index in [4.69, 9.17) is 5.26 Å². The second-order valence-electron chi connectivity index (χ2n) is 4.03. The van der Waals surface area contributed by atoms with E-state index < -0.39 is 0 Å². The average Bonchev–Trinajstić information content (AvgIpc) is 2.60. The SMILES string of the molecule is [CH2]CC1C[CH]C(CCCCC#N)C1. The normalized spacial score (nSPS) is 27.4. The van der Waals surface area contributed by atoms with Crippen molar-refractivity contribution in [2.24, 2.45) is 11.8 Å². The predicted octanol–water partition coefficient (Wildman–Crippen LogP) is 3.53. The lowest BCUT2D eigenvalue weighted by Crippen LogP contribution is -1.96. The fourth-order valence-electron chi connectivity index (χ4n) is 2.09. The minimum atomic E-state index is 0.728. The monoisotopic (exact) mass is 177 g/mol. The van der Waals surface area contributed by atoms with Crippen molar-refractivity contribution in [2.75, 3.05) is 0 Å². The van der Waals surface area contributed by atoms with Crippen molar-refractivity contribution in [1.29, 1.82) is 5.26 Å². The van der Waals surface area contributed by atoms with Gasteiger partial charge in [0.1, 0.15) is 0 Å². The standard InChI is InChI=1S/C12H19N/c1-2-11-7-8-12(10-11)6-4-3-5-9-13/h8,11-12H,1-7,10H2. The summed E-state index contributed by atoms with van der Waals surface area (Å²) in [6, 6.07) is 2.19. The van der Waals surface area contributed by atoms with Crippen molar-refractivity contribution in [1.82, 2.24) is 0 Å². The van der Waals surface area contributed by atoms with E-state index in [-0.39, 0.29) is 0 Å². The van der Waals surface area contributed by atoms with Crippen LogP contribution in [0.4, 0.5) is 0 Å². The second kappa shape index (κ2) is 6.02. The molecule has 2 atom stereocenters. The first kappa shape index (κ1) is 10.6. The topological polar surface area (TPSA) is 23.8 Å². The van der Waals surface area contributed by atoms with Gasteiger partial charge in [-0.15, -0.1) is 0 Å². The van der Waals surface area contributed by atoms with Gasteiger partial charge in [0, 0.05) is 6.42 Å². The van der Waals surface area contributed by atoms with Crippen LogP contribution >= 0.6 is 0 Å². The molecule has 2 radical (unpaired) electrons. The van der Waals surface area contributed by atoms with Crippen molar-refractivity contribution in [2.45, 2.75) is 44.9 Å². The van der Waals surface area contributed by atoms with Gasteiger partial charge in [-0.05, 0) is 37.5 Å². The van der Waals surface area contributed by atoms with Crippen LogP contribution in [0.2, 0.25) is 0 Å². The zero-order chi connectivity index (χ0) is 9.52. The molecule has 0 aromatic rings. The summed E-state index contributed by atoms with van der Waals surface area (Å²) >= 11 is 0. The molecule has 2 unspecified atom stereocenters. The second-order valence-corrected chi connectivity index (χ2v) is 4.03. The summed E-state index contributed by atoms with van der Waals surface area (Å²) in [6.07, 6.45) is 10.5. The highest BCUT2D eigenvalue weighted by Crippen LogP contribution is 2.34. The van der Waals surface area contributed by atoms with Gasteiger partial charge in [-0.25, -0.2) is 0 Å². The molecule has 0 aromatic heterocycles. The first-order chi connectivity index (χ1) is 6.36. The predicted molar refractivity (Wildman–Crippen MR) is 54.6 cm³/mol. The molecule has 1 aliphatic rings. The molecule has 0 spiro atoms. The van der Waals surface area contributed by atoms with E-state index >= 15 is 0 Å². The van der Waals surface area contributed by atoms with Crippen LogP contribution in [-0.4, -0.2) is 0 Å². The summed E-state index contributed by atoms with van der Waals surface area (Å²) in [4.78, 5) is 0. The molecule has 1 nitrogen and oxygen atoms in total. The van der Waals surface area contributed by atoms with Crippen molar-refractivity contribution in [3.63, 3.8) is 0 Å². The lowest BCUT2D eigenvalue weighted by Gasteiger charge is -2.08. The van der Waals surface area contributed by atoms with E-state index in [1.165, 1.54) is 25.7 Å². The maximum Gasteiger partial charge on any atom is 0.0621 e. The number of nitrogens with zero attached hydrogens (tertiary/aromatic N) is 1. The number of nitriles is 1. The van der Waals surface area contributed by atoms with Gasteiger partial charge in [0.05, 0.1) is 6.07 Å². The van der Waals surface area contributed by atoms with E-state index in [1.807, 2.05) is 0 Å². The minimum absolute atomic E-state index is 0.728. The summed E-state index contributed by atoms with van der Waals surface area (Å²) < 4.78 is 0. The molecule has 0 N–H and O–H groups in total. The maximum absolute atomic E-state index is 8.37. The molecule has 1 heteroatoms. The summed E-state index contributed by atoms with van der Waals surface area (Å²) in [5, 5.41) is 8.37. The van der Waals surface area contributed by atoms with Crippen molar-refractivity contribution in [3.8, 4) is 6.07 Å². The Bertz CT molecular complexity index is 168. The largest absolute Gasteiger partial charge is 0.198 e. The highest BCUT2D eigenvalue weighted by Gasteiger charge is 2.22. The summed E-state index contributed by atoms with van der Waals surface area (Å²) in [5.41, 5.74) is 0. The molecular weight excluding hydrogens is 158 g/mol. The number of hydrogen-bond donors (Lipinski definition) is 0. The molecule has 1 saturated carbocycles. The summed E-state index contributed by atoms with van der Waals surface area (Å²) in [5.74, 6) is 1.67. The molecule has 72 valence electrons. The Labute approximate surface area is 82.1 Å². The Hall–Kier alpha value is -0.510. The lowest BCUT2D eigenvalue weighted by atomic mass is 9.97.